The molecular formula is C14H26N2O2. The summed E-state index contributed by atoms with van der Waals surface area (Å²) in [5, 5.41) is 12.5. The van der Waals surface area contributed by atoms with Crippen molar-refractivity contribution >= 4 is 5.91 Å². The molecule has 0 saturated carbocycles. The van der Waals surface area contributed by atoms with Gasteiger partial charge >= 0.3 is 0 Å². The molecule has 0 radical (unpaired) electrons. The second-order valence-corrected chi connectivity index (χ2v) is 5.76. The second-order valence-electron chi connectivity index (χ2n) is 5.76. The lowest BCUT2D eigenvalue weighted by atomic mass is 9.89. The van der Waals surface area contributed by atoms with Gasteiger partial charge in [-0.05, 0) is 44.1 Å². The van der Waals surface area contributed by atoms with E-state index in [2.05, 4.69) is 12.2 Å². The van der Waals surface area contributed by atoms with Gasteiger partial charge in [0, 0.05) is 19.7 Å². The van der Waals surface area contributed by atoms with Crippen LogP contribution < -0.4 is 5.32 Å². The van der Waals surface area contributed by atoms with Crippen LogP contribution in [0.5, 0.6) is 0 Å². The highest BCUT2D eigenvalue weighted by Gasteiger charge is 2.31. The van der Waals surface area contributed by atoms with Crippen molar-refractivity contribution in [3.05, 3.63) is 0 Å². The normalized spacial score (nSPS) is 30.4. The van der Waals surface area contributed by atoms with Crippen LogP contribution in [0.15, 0.2) is 0 Å². The Morgan fingerprint density at radius 1 is 1.28 bits per heavy atom. The Hall–Kier alpha value is -0.610. The summed E-state index contributed by atoms with van der Waals surface area (Å²) in [6, 6.07) is 0.0365. The van der Waals surface area contributed by atoms with Crippen molar-refractivity contribution in [2.24, 2.45) is 11.8 Å². The van der Waals surface area contributed by atoms with Crippen molar-refractivity contribution in [3.8, 4) is 0 Å². The van der Waals surface area contributed by atoms with Gasteiger partial charge in [-0.15, -0.1) is 0 Å². The molecule has 0 bridgehead atoms. The van der Waals surface area contributed by atoms with E-state index in [1.165, 1.54) is 12.8 Å². The maximum atomic E-state index is 12.4. The molecule has 2 saturated heterocycles. The van der Waals surface area contributed by atoms with E-state index in [9.17, 15) is 4.79 Å². The Bertz CT molecular complexity index is 275. The molecule has 2 aliphatic rings. The van der Waals surface area contributed by atoms with Gasteiger partial charge in [0.2, 0.25) is 5.91 Å². The molecule has 2 aliphatic heterocycles. The average Bonchev–Trinajstić information content (AvgIpc) is 2.46. The maximum Gasteiger partial charge on any atom is 0.239 e. The summed E-state index contributed by atoms with van der Waals surface area (Å²) in [7, 11) is 0. The third-order valence-electron chi connectivity index (χ3n) is 4.57. The standard InChI is InChI=1S/C14H26N2O2/c1-2-11-3-6-15-13(9-11)14(18)16-7-4-12(10-17)5-8-16/h11-13,15,17H,2-10H2,1H3. The quantitative estimate of drug-likeness (QED) is 0.790. The van der Waals surface area contributed by atoms with Crippen molar-refractivity contribution in [2.45, 2.75) is 45.1 Å². The van der Waals surface area contributed by atoms with Crippen molar-refractivity contribution in [3.63, 3.8) is 0 Å². The zero-order chi connectivity index (χ0) is 13.0. The molecule has 2 fully saturated rings. The zero-order valence-electron chi connectivity index (χ0n) is 11.4. The van der Waals surface area contributed by atoms with Gasteiger partial charge in [0.05, 0.1) is 6.04 Å². The molecule has 2 N–H and O–H groups in total. The van der Waals surface area contributed by atoms with Crippen LogP contribution in [0.1, 0.15) is 39.0 Å². The molecule has 2 rings (SSSR count). The highest BCUT2D eigenvalue weighted by atomic mass is 16.3. The van der Waals surface area contributed by atoms with Crippen LogP contribution in [0.4, 0.5) is 0 Å². The topological polar surface area (TPSA) is 52.6 Å². The van der Waals surface area contributed by atoms with E-state index in [1.807, 2.05) is 4.90 Å². The van der Waals surface area contributed by atoms with E-state index in [1.54, 1.807) is 0 Å². The zero-order valence-corrected chi connectivity index (χ0v) is 11.4. The molecule has 4 heteroatoms. The van der Waals surface area contributed by atoms with Crippen LogP contribution in [0.2, 0.25) is 0 Å². The Morgan fingerprint density at radius 3 is 2.61 bits per heavy atom. The first kappa shape index (κ1) is 13.8. The molecule has 104 valence electrons. The van der Waals surface area contributed by atoms with Crippen LogP contribution >= 0.6 is 0 Å². The van der Waals surface area contributed by atoms with Gasteiger partial charge in [0.1, 0.15) is 0 Å². The number of carbonyl (C=O) groups is 1. The first-order chi connectivity index (χ1) is 8.74. The van der Waals surface area contributed by atoms with Crippen LogP contribution in [-0.4, -0.2) is 48.2 Å². The average molecular weight is 254 g/mol. The summed E-state index contributed by atoms with van der Waals surface area (Å²) < 4.78 is 0. The first-order valence-corrected chi connectivity index (χ1v) is 7.37. The Labute approximate surface area is 110 Å². The van der Waals surface area contributed by atoms with Gasteiger partial charge in [-0.3, -0.25) is 4.79 Å². The summed E-state index contributed by atoms with van der Waals surface area (Å²) in [4.78, 5) is 14.4. The SMILES string of the molecule is CCC1CCNC(C(=O)N2CCC(CO)CC2)C1. The van der Waals surface area contributed by atoms with E-state index < -0.39 is 0 Å². The number of aliphatic hydroxyl groups excluding tert-OH is 1. The van der Waals surface area contributed by atoms with E-state index in [0.717, 1.165) is 38.9 Å². The lowest BCUT2D eigenvalue weighted by Gasteiger charge is -2.36. The maximum absolute atomic E-state index is 12.4. The van der Waals surface area contributed by atoms with Gasteiger partial charge in [-0.1, -0.05) is 13.3 Å². The number of rotatable bonds is 3. The van der Waals surface area contributed by atoms with Gasteiger partial charge in [-0.2, -0.15) is 0 Å². The molecule has 0 aromatic rings. The highest BCUT2D eigenvalue weighted by Crippen LogP contribution is 2.22. The van der Waals surface area contributed by atoms with E-state index >= 15 is 0 Å². The molecule has 2 unspecified atom stereocenters. The van der Waals surface area contributed by atoms with Gasteiger partial charge < -0.3 is 15.3 Å². The Balaban J connectivity index is 1.83. The van der Waals surface area contributed by atoms with Crippen molar-refractivity contribution in [1.82, 2.24) is 10.2 Å². The number of hydrogen-bond acceptors (Lipinski definition) is 3. The molecule has 0 spiro atoms. The number of nitrogens with one attached hydrogen (secondary N) is 1. The van der Waals surface area contributed by atoms with E-state index in [-0.39, 0.29) is 18.6 Å². The van der Waals surface area contributed by atoms with Gasteiger partial charge in [0.15, 0.2) is 0 Å². The predicted molar refractivity (Wildman–Crippen MR) is 71.2 cm³/mol. The molecule has 0 aromatic carbocycles. The Morgan fingerprint density at radius 2 is 2.00 bits per heavy atom. The summed E-state index contributed by atoms with van der Waals surface area (Å²) in [6.07, 6.45) is 5.28. The smallest absolute Gasteiger partial charge is 0.239 e. The van der Waals surface area contributed by atoms with Crippen molar-refractivity contribution in [2.75, 3.05) is 26.2 Å². The molecule has 0 aromatic heterocycles. The third kappa shape index (κ3) is 3.23. The summed E-state index contributed by atoms with van der Waals surface area (Å²) in [6.45, 7) is 5.09. The predicted octanol–water partition coefficient (Wildman–Crippen LogP) is 0.995. The molecule has 0 aliphatic carbocycles. The molecule has 18 heavy (non-hydrogen) atoms. The van der Waals surface area contributed by atoms with E-state index in [4.69, 9.17) is 5.11 Å². The second kappa shape index (κ2) is 6.53. The molecule has 4 nitrogen and oxygen atoms in total. The summed E-state index contributed by atoms with van der Waals surface area (Å²) in [5.41, 5.74) is 0. The lowest BCUT2D eigenvalue weighted by molar-refractivity contribution is -0.136. The number of aliphatic hydroxyl groups is 1. The van der Waals surface area contributed by atoms with Crippen molar-refractivity contribution in [1.29, 1.82) is 0 Å². The molecular weight excluding hydrogens is 228 g/mol. The number of nitrogens with zero attached hydrogens (tertiary/aromatic N) is 1. The van der Waals surface area contributed by atoms with Crippen LogP contribution in [0.25, 0.3) is 0 Å². The molecule has 2 atom stereocenters. The van der Waals surface area contributed by atoms with Crippen LogP contribution in [0, 0.1) is 11.8 Å². The van der Waals surface area contributed by atoms with Crippen molar-refractivity contribution < 1.29 is 9.90 Å². The molecule has 2 heterocycles. The fourth-order valence-corrected chi connectivity index (χ4v) is 3.11. The van der Waals surface area contributed by atoms with Crippen LogP contribution in [0.3, 0.4) is 0 Å². The minimum Gasteiger partial charge on any atom is -0.396 e. The summed E-state index contributed by atoms with van der Waals surface area (Å²) >= 11 is 0. The highest BCUT2D eigenvalue weighted by molar-refractivity contribution is 5.82. The number of piperidine rings is 2. The number of amides is 1. The first-order valence-electron chi connectivity index (χ1n) is 7.37. The van der Waals surface area contributed by atoms with E-state index in [0.29, 0.717) is 11.8 Å². The Kier molecular flexibility index (Phi) is 5.01. The van der Waals surface area contributed by atoms with Gasteiger partial charge in [-0.25, -0.2) is 0 Å². The third-order valence-corrected chi connectivity index (χ3v) is 4.57. The minimum absolute atomic E-state index is 0.0365. The largest absolute Gasteiger partial charge is 0.396 e. The monoisotopic (exact) mass is 254 g/mol. The van der Waals surface area contributed by atoms with Gasteiger partial charge in [0.25, 0.3) is 0 Å². The molecule has 1 amide bonds. The summed E-state index contributed by atoms with van der Waals surface area (Å²) in [5.74, 6) is 1.39. The fourth-order valence-electron chi connectivity index (χ4n) is 3.11. The number of carbonyl (C=O) groups excluding carboxylic acids is 1. The fraction of sp³-hybridized carbons (Fsp3) is 0.929. The minimum atomic E-state index is 0.0365. The lowest BCUT2D eigenvalue weighted by Crippen LogP contribution is -2.52. The van der Waals surface area contributed by atoms with Crippen LogP contribution in [-0.2, 0) is 4.79 Å². The number of likely N-dealkylation sites (tertiary alicyclic amines) is 1. The number of hydrogen-bond donors (Lipinski definition) is 2.